The van der Waals surface area contributed by atoms with E-state index >= 15 is 0 Å². The first-order valence-electron chi connectivity index (χ1n) is 4.70. The Hall–Kier alpha value is -0.750. The predicted octanol–water partition coefficient (Wildman–Crippen LogP) is 3.07. The van der Waals surface area contributed by atoms with Gasteiger partial charge in [0.25, 0.3) is 0 Å². The molecule has 0 aromatic heterocycles. The maximum Gasteiger partial charge on any atom is 0.140 e. The summed E-state index contributed by atoms with van der Waals surface area (Å²) in [6.45, 7) is 2.63. The number of amidine groups is 1. The lowest BCUT2D eigenvalue weighted by Gasteiger charge is -2.11. The summed E-state index contributed by atoms with van der Waals surface area (Å²) in [6, 6.07) is 4.05. The fourth-order valence-electron chi connectivity index (χ4n) is 1.23. The largest absolute Gasteiger partial charge is 0.409 e. The van der Waals surface area contributed by atoms with Crippen molar-refractivity contribution in [3.8, 4) is 0 Å². The van der Waals surface area contributed by atoms with Gasteiger partial charge >= 0.3 is 0 Å². The molecule has 0 spiro atoms. The molecule has 1 aromatic carbocycles. The smallest absolute Gasteiger partial charge is 0.140 e. The Kier molecular flexibility index (Phi) is 5.08. The van der Waals surface area contributed by atoms with Crippen molar-refractivity contribution >= 4 is 43.4 Å². The molecule has 0 saturated heterocycles. The first-order chi connectivity index (χ1) is 7.54. The monoisotopic (exact) mass is 349 g/mol. The van der Waals surface area contributed by atoms with Gasteiger partial charge in [0, 0.05) is 21.9 Å². The maximum atomic E-state index is 8.39. The number of anilines is 1. The van der Waals surface area contributed by atoms with E-state index in [0.29, 0.717) is 13.0 Å². The molecule has 0 aliphatic carbocycles. The number of hydrogen-bond acceptors (Lipinski definition) is 3. The summed E-state index contributed by atoms with van der Waals surface area (Å²) in [5, 5.41) is 14.5. The van der Waals surface area contributed by atoms with Crippen molar-refractivity contribution < 1.29 is 5.21 Å². The van der Waals surface area contributed by atoms with Gasteiger partial charge in [0.15, 0.2) is 0 Å². The lowest BCUT2D eigenvalue weighted by Crippen LogP contribution is -2.16. The second-order valence-electron chi connectivity index (χ2n) is 3.37. The number of nitrogens with zero attached hydrogens (tertiary/aromatic N) is 1. The highest BCUT2D eigenvalue weighted by Crippen LogP contribution is 2.32. The molecular weight excluding hydrogens is 338 g/mol. The van der Waals surface area contributed by atoms with Crippen LogP contribution in [0, 0.1) is 6.92 Å². The number of benzene rings is 1. The second-order valence-corrected chi connectivity index (χ2v) is 5.08. The summed E-state index contributed by atoms with van der Waals surface area (Å²) in [5.74, 6) is 0.215. The molecule has 4 nitrogen and oxygen atoms in total. The molecule has 0 unspecified atom stereocenters. The Bertz CT molecular complexity index is 384. The van der Waals surface area contributed by atoms with Crippen LogP contribution in [0.5, 0.6) is 0 Å². The van der Waals surface area contributed by atoms with Crippen LogP contribution in [0.3, 0.4) is 0 Å². The van der Waals surface area contributed by atoms with E-state index in [1.165, 1.54) is 5.56 Å². The average molecular weight is 351 g/mol. The lowest BCUT2D eigenvalue weighted by atomic mass is 10.2. The minimum Gasteiger partial charge on any atom is -0.409 e. The molecule has 0 saturated carbocycles. The first-order valence-corrected chi connectivity index (χ1v) is 6.29. The van der Waals surface area contributed by atoms with Gasteiger partial charge in [0.2, 0.25) is 0 Å². The van der Waals surface area contributed by atoms with Crippen LogP contribution in [0.25, 0.3) is 0 Å². The molecule has 0 heterocycles. The van der Waals surface area contributed by atoms with E-state index in [1.54, 1.807) is 0 Å². The van der Waals surface area contributed by atoms with Crippen LogP contribution in [0.1, 0.15) is 12.0 Å². The minimum absolute atomic E-state index is 0.215. The molecule has 6 heteroatoms. The SMILES string of the molecule is Cc1cc(Br)c(NCCC(N)=NO)c(Br)c1. The van der Waals surface area contributed by atoms with Crippen LogP contribution < -0.4 is 11.1 Å². The van der Waals surface area contributed by atoms with Crippen molar-refractivity contribution in [3.63, 3.8) is 0 Å². The Morgan fingerprint density at radius 3 is 2.50 bits per heavy atom. The van der Waals surface area contributed by atoms with Gasteiger partial charge in [-0.15, -0.1) is 0 Å². The molecule has 0 fully saturated rings. The Labute approximate surface area is 111 Å². The van der Waals surface area contributed by atoms with Crippen molar-refractivity contribution in [2.24, 2.45) is 10.9 Å². The first kappa shape index (κ1) is 13.3. The number of nitrogens with one attached hydrogen (secondary N) is 1. The Morgan fingerprint density at radius 1 is 1.44 bits per heavy atom. The standard InChI is InChI=1S/C10H13Br2N3O/c1-6-4-7(11)10(8(12)5-6)14-3-2-9(13)15-16/h4-5,14,16H,2-3H2,1H3,(H2,13,15). The minimum atomic E-state index is 0.215. The molecule has 1 aromatic rings. The fraction of sp³-hybridized carbons (Fsp3) is 0.300. The summed E-state index contributed by atoms with van der Waals surface area (Å²) in [7, 11) is 0. The van der Waals surface area contributed by atoms with Crippen molar-refractivity contribution in [1.82, 2.24) is 0 Å². The third-order valence-corrected chi connectivity index (χ3v) is 3.25. The highest BCUT2D eigenvalue weighted by molar-refractivity contribution is 9.11. The van der Waals surface area contributed by atoms with Gasteiger partial charge in [-0.1, -0.05) is 5.16 Å². The zero-order chi connectivity index (χ0) is 12.1. The van der Waals surface area contributed by atoms with Gasteiger partial charge in [-0.3, -0.25) is 0 Å². The van der Waals surface area contributed by atoms with Gasteiger partial charge in [0.05, 0.1) is 5.69 Å². The van der Waals surface area contributed by atoms with Gasteiger partial charge in [-0.2, -0.15) is 0 Å². The number of halogens is 2. The molecule has 16 heavy (non-hydrogen) atoms. The van der Waals surface area contributed by atoms with Crippen LogP contribution >= 0.6 is 31.9 Å². The summed E-state index contributed by atoms with van der Waals surface area (Å²) >= 11 is 6.96. The molecule has 0 amide bonds. The quantitative estimate of drug-likeness (QED) is 0.338. The van der Waals surface area contributed by atoms with Crippen LogP contribution in [0.4, 0.5) is 5.69 Å². The topological polar surface area (TPSA) is 70.6 Å². The van der Waals surface area contributed by atoms with Crippen molar-refractivity contribution in [2.75, 3.05) is 11.9 Å². The summed E-state index contributed by atoms with van der Waals surface area (Å²) in [5.41, 5.74) is 7.51. The number of nitrogens with two attached hydrogens (primary N) is 1. The van der Waals surface area contributed by atoms with E-state index in [1.807, 2.05) is 19.1 Å². The zero-order valence-electron chi connectivity index (χ0n) is 8.80. The van der Waals surface area contributed by atoms with E-state index in [0.717, 1.165) is 14.6 Å². The maximum absolute atomic E-state index is 8.39. The van der Waals surface area contributed by atoms with Crippen LogP contribution in [0.2, 0.25) is 0 Å². The highest BCUT2D eigenvalue weighted by atomic mass is 79.9. The Balaban J connectivity index is 2.67. The van der Waals surface area contributed by atoms with Gasteiger partial charge in [0.1, 0.15) is 5.84 Å². The van der Waals surface area contributed by atoms with Crippen molar-refractivity contribution in [1.29, 1.82) is 0 Å². The van der Waals surface area contributed by atoms with Crippen LogP contribution in [-0.4, -0.2) is 17.6 Å². The molecule has 0 bridgehead atoms. The van der Waals surface area contributed by atoms with Gasteiger partial charge in [-0.25, -0.2) is 0 Å². The molecular formula is C10H13Br2N3O. The molecule has 0 aliphatic heterocycles. The number of oxime groups is 1. The Morgan fingerprint density at radius 2 is 2.00 bits per heavy atom. The van der Waals surface area contributed by atoms with Crippen molar-refractivity contribution in [2.45, 2.75) is 13.3 Å². The molecule has 4 N–H and O–H groups in total. The predicted molar refractivity (Wildman–Crippen MR) is 73.1 cm³/mol. The third kappa shape index (κ3) is 3.68. The molecule has 0 aliphatic rings. The summed E-state index contributed by atoms with van der Waals surface area (Å²) in [4.78, 5) is 0. The molecule has 1 rings (SSSR count). The zero-order valence-corrected chi connectivity index (χ0v) is 12.0. The highest BCUT2D eigenvalue weighted by Gasteiger charge is 2.05. The molecule has 88 valence electrons. The van der Waals surface area contributed by atoms with Crippen LogP contribution in [-0.2, 0) is 0 Å². The summed E-state index contributed by atoms with van der Waals surface area (Å²) in [6.07, 6.45) is 0.489. The van der Waals surface area contributed by atoms with E-state index in [4.69, 9.17) is 10.9 Å². The average Bonchev–Trinajstić information content (AvgIpc) is 2.21. The van der Waals surface area contributed by atoms with Crippen molar-refractivity contribution in [3.05, 3.63) is 26.6 Å². The number of rotatable bonds is 4. The second kappa shape index (κ2) is 6.10. The number of aryl methyl sites for hydroxylation is 1. The fourth-order valence-corrected chi connectivity index (χ4v) is 2.93. The normalized spacial score (nSPS) is 11.6. The molecule has 0 atom stereocenters. The van der Waals surface area contributed by atoms with Gasteiger partial charge in [-0.05, 0) is 56.5 Å². The van der Waals surface area contributed by atoms with E-state index < -0.39 is 0 Å². The summed E-state index contributed by atoms with van der Waals surface area (Å²) < 4.78 is 1.97. The number of hydrogen-bond donors (Lipinski definition) is 3. The molecule has 0 radical (unpaired) electrons. The lowest BCUT2D eigenvalue weighted by molar-refractivity contribution is 0.317. The van der Waals surface area contributed by atoms with E-state index in [9.17, 15) is 0 Å². The van der Waals surface area contributed by atoms with E-state index in [-0.39, 0.29) is 5.84 Å². The van der Waals surface area contributed by atoms with E-state index in [2.05, 4.69) is 42.3 Å². The van der Waals surface area contributed by atoms with Crippen LogP contribution in [0.15, 0.2) is 26.2 Å². The van der Waals surface area contributed by atoms with Gasteiger partial charge < -0.3 is 16.3 Å². The third-order valence-electron chi connectivity index (χ3n) is 2.00.